The number of methoxy groups -OCH3 is 1. The van der Waals surface area contributed by atoms with Crippen molar-refractivity contribution in [2.45, 2.75) is 0 Å². The fourth-order valence-corrected chi connectivity index (χ4v) is 2.20. The summed E-state index contributed by atoms with van der Waals surface area (Å²) in [5.74, 6) is 0.928. The van der Waals surface area contributed by atoms with Gasteiger partial charge in [0.25, 0.3) is 0 Å². The molecule has 0 aromatic heterocycles. The average molecular weight is 281 g/mol. The molecule has 0 bridgehead atoms. The summed E-state index contributed by atoms with van der Waals surface area (Å²) in [5, 5.41) is 0. The van der Waals surface area contributed by atoms with E-state index in [0.29, 0.717) is 5.75 Å². The fourth-order valence-electron chi connectivity index (χ4n) is 1.08. The van der Waals surface area contributed by atoms with Gasteiger partial charge in [0.05, 0.1) is 13.7 Å². The number of phosphoric acid groups is 1. The monoisotopic (exact) mass is 280 g/mol. The van der Waals surface area contributed by atoms with Gasteiger partial charge in [-0.25, -0.2) is 4.57 Å². The van der Waals surface area contributed by atoms with Crippen LogP contribution < -0.4 is 9.26 Å². The van der Waals surface area contributed by atoms with Crippen molar-refractivity contribution in [2.75, 3.05) is 26.7 Å². The van der Waals surface area contributed by atoms with E-state index in [0.717, 1.165) is 0 Å². The molecule has 1 aromatic rings. The van der Waals surface area contributed by atoms with E-state index in [4.69, 9.17) is 29.9 Å². The van der Waals surface area contributed by atoms with Gasteiger partial charge in [0, 0.05) is 13.0 Å². The lowest BCUT2D eigenvalue weighted by Crippen LogP contribution is -2.03. The van der Waals surface area contributed by atoms with Crippen molar-refractivity contribution in [3.63, 3.8) is 0 Å². The first kappa shape index (κ1) is 14.3. The molecule has 0 aliphatic rings. The third-order valence-corrected chi connectivity index (χ3v) is 3.35. The summed E-state index contributed by atoms with van der Waals surface area (Å²) < 4.78 is 32.0. The first-order valence-electron chi connectivity index (χ1n) is 4.84. The second kappa shape index (κ2) is 6.87. The van der Waals surface area contributed by atoms with Crippen LogP contribution in [0.4, 0.5) is 0 Å². The van der Waals surface area contributed by atoms with Gasteiger partial charge >= 0.3 is 7.82 Å². The summed E-state index contributed by atoms with van der Waals surface area (Å²) in [7, 11) is -0.917. The predicted molar refractivity (Wildman–Crippen MR) is 64.9 cm³/mol. The van der Waals surface area contributed by atoms with Crippen molar-refractivity contribution in [1.29, 1.82) is 0 Å². The van der Waals surface area contributed by atoms with Gasteiger partial charge in [-0.1, -0.05) is 12.1 Å². The first-order chi connectivity index (χ1) is 8.15. The van der Waals surface area contributed by atoms with E-state index >= 15 is 0 Å². The molecule has 0 heterocycles. The minimum atomic E-state index is -3.64. The number of para-hydroxylation sites is 2. The molecule has 17 heavy (non-hydrogen) atoms. The second-order valence-corrected chi connectivity index (χ2v) is 4.97. The summed E-state index contributed by atoms with van der Waals surface area (Å²) in [5.41, 5.74) is 0. The maximum Gasteiger partial charge on any atom is 0.529 e. The summed E-state index contributed by atoms with van der Waals surface area (Å²) in [4.78, 5) is 0. The van der Waals surface area contributed by atoms with Gasteiger partial charge in [0.2, 0.25) is 0 Å². The molecular formula is C10H14ClO5P. The van der Waals surface area contributed by atoms with E-state index in [9.17, 15) is 4.57 Å². The molecule has 7 heteroatoms. The van der Waals surface area contributed by atoms with Crippen LogP contribution in [0.1, 0.15) is 0 Å². The van der Waals surface area contributed by atoms with Crippen LogP contribution in [0.5, 0.6) is 11.5 Å². The maximum absolute atomic E-state index is 12.0. The van der Waals surface area contributed by atoms with Crippen LogP contribution in [0.25, 0.3) is 0 Å². The minimum Gasteiger partial charge on any atom is -0.493 e. The Morgan fingerprint density at radius 1 is 1.24 bits per heavy atom. The molecule has 0 N–H and O–H groups in total. The highest BCUT2D eigenvalue weighted by Gasteiger charge is 2.27. The number of benzene rings is 1. The van der Waals surface area contributed by atoms with E-state index in [1.807, 2.05) is 0 Å². The van der Waals surface area contributed by atoms with Crippen molar-refractivity contribution in [1.82, 2.24) is 0 Å². The van der Waals surface area contributed by atoms with Crippen molar-refractivity contribution >= 4 is 19.4 Å². The Bertz CT molecular complexity index is 398. The molecule has 0 amide bonds. The zero-order valence-electron chi connectivity index (χ0n) is 9.59. The highest BCUT2D eigenvalue weighted by atomic mass is 35.5. The third kappa shape index (κ3) is 4.21. The largest absolute Gasteiger partial charge is 0.529 e. The lowest BCUT2D eigenvalue weighted by Gasteiger charge is -2.17. The quantitative estimate of drug-likeness (QED) is 0.567. The first-order valence-corrected chi connectivity index (χ1v) is 6.83. The van der Waals surface area contributed by atoms with Gasteiger partial charge < -0.3 is 9.26 Å². The second-order valence-electron chi connectivity index (χ2n) is 2.89. The lowest BCUT2D eigenvalue weighted by molar-refractivity contribution is 0.186. The molecule has 5 nitrogen and oxygen atoms in total. The summed E-state index contributed by atoms with van der Waals surface area (Å²) in [6.07, 6.45) is 0. The average Bonchev–Trinajstić information content (AvgIpc) is 2.37. The van der Waals surface area contributed by atoms with Crippen molar-refractivity contribution in [3.05, 3.63) is 24.3 Å². The molecule has 0 fully saturated rings. The molecule has 1 unspecified atom stereocenters. The van der Waals surface area contributed by atoms with E-state index in [-0.39, 0.29) is 18.2 Å². The van der Waals surface area contributed by atoms with Crippen LogP contribution in [-0.2, 0) is 13.6 Å². The standard InChI is InChI=1S/C10H14ClO5P/c1-13-9-5-3-4-6-10(9)16-17(12,14-2)15-8-7-11/h3-6H,7-8H2,1-2H3. The third-order valence-electron chi connectivity index (χ3n) is 1.83. The van der Waals surface area contributed by atoms with Gasteiger partial charge in [-0.05, 0) is 12.1 Å². The van der Waals surface area contributed by atoms with E-state index < -0.39 is 7.82 Å². The molecule has 96 valence electrons. The van der Waals surface area contributed by atoms with Crippen LogP contribution in [0, 0.1) is 0 Å². The zero-order valence-corrected chi connectivity index (χ0v) is 11.2. The summed E-state index contributed by atoms with van der Waals surface area (Å²) in [6.45, 7) is 0.0713. The van der Waals surface area contributed by atoms with Crippen LogP contribution >= 0.6 is 19.4 Å². The van der Waals surface area contributed by atoms with Gasteiger partial charge in [0.1, 0.15) is 0 Å². The number of phosphoric ester groups is 1. The smallest absolute Gasteiger partial charge is 0.493 e. The van der Waals surface area contributed by atoms with Gasteiger partial charge in [-0.2, -0.15) is 0 Å². The zero-order chi connectivity index (χ0) is 12.7. The Morgan fingerprint density at radius 2 is 1.88 bits per heavy atom. The minimum absolute atomic E-state index is 0.0713. The SMILES string of the molecule is COc1ccccc1OP(=O)(OC)OCCCl. The number of alkyl halides is 1. The summed E-state index contributed by atoms with van der Waals surface area (Å²) in [6, 6.07) is 6.77. The number of halogens is 1. The molecule has 1 rings (SSSR count). The molecular weight excluding hydrogens is 267 g/mol. The number of rotatable bonds is 7. The topological polar surface area (TPSA) is 54.0 Å². The number of hydrogen-bond donors (Lipinski definition) is 0. The number of hydrogen-bond acceptors (Lipinski definition) is 5. The lowest BCUT2D eigenvalue weighted by atomic mass is 10.3. The predicted octanol–water partition coefficient (Wildman–Crippen LogP) is 3.08. The fraction of sp³-hybridized carbons (Fsp3) is 0.400. The van der Waals surface area contributed by atoms with Gasteiger partial charge in [-0.3, -0.25) is 9.05 Å². The van der Waals surface area contributed by atoms with E-state index in [2.05, 4.69) is 0 Å². The van der Waals surface area contributed by atoms with Crippen LogP contribution in [0.2, 0.25) is 0 Å². The van der Waals surface area contributed by atoms with Crippen LogP contribution in [0.3, 0.4) is 0 Å². The van der Waals surface area contributed by atoms with Crippen molar-refractivity contribution in [2.24, 2.45) is 0 Å². The highest BCUT2D eigenvalue weighted by Crippen LogP contribution is 2.50. The van der Waals surface area contributed by atoms with Crippen LogP contribution in [0.15, 0.2) is 24.3 Å². The highest BCUT2D eigenvalue weighted by molar-refractivity contribution is 7.48. The van der Waals surface area contributed by atoms with E-state index in [1.165, 1.54) is 14.2 Å². The molecule has 1 atom stereocenters. The molecule has 0 saturated carbocycles. The van der Waals surface area contributed by atoms with Gasteiger partial charge in [0.15, 0.2) is 11.5 Å². The Labute approximate surface area is 105 Å². The van der Waals surface area contributed by atoms with Gasteiger partial charge in [-0.15, -0.1) is 11.6 Å². The molecule has 0 aliphatic heterocycles. The molecule has 0 saturated heterocycles. The normalized spacial score (nSPS) is 14.1. The molecule has 0 aliphatic carbocycles. The molecule has 1 aromatic carbocycles. The molecule has 0 spiro atoms. The summed E-state index contributed by atoms with van der Waals surface area (Å²) >= 11 is 5.44. The Kier molecular flexibility index (Phi) is 5.78. The maximum atomic E-state index is 12.0. The Morgan fingerprint density at radius 3 is 2.41 bits per heavy atom. The van der Waals surface area contributed by atoms with Crippen molar-refractivity contribution < 1.29 is 22.9 Å². The molecule has 0 radical (unpaired) electrons. The van der Waals surface area contributed by atoms with E-state index in [1.54, 1.807) is 24.3 Å². The van der Waals surface area contributed by atoms with Crippen molar-refractivity contribution in [3.8, 4) is 11.5 Å². The van der Waals surface area contributed by atoms with Crippen LogP contribution in [-0.4, -0.2) is 26.7 Å². The Hall–Kier alpha value is -0.740. The number of ether oxygens (including phenoxy) is 1. The Balaban J connectivity index is 2.83.